The van der Waals surface area contributed by atoms with E-state index in [0.29, 0.717) is 21.4 Å². The normalized spacial score (nSPS) is 9.89. The summed E-state index contributed by atoms with van der Waals surface area (Å²) in [6.07, 6.45) is 6.90. The number of hydrogen-bond acceptors (Lipinski definition) is 4. The minimum absolute atomic E-state index is 0.150. The average Bonchev–Trinajstić information content (AvgIpc) is 2.90. The van der Waals surface area contributed by atoms with Gasteiger partial charge in [0.05, 0.1) is 0 Å². The molecule has 8 heteroatoms. The summed E-state index contributed by atoms with van der Waals surface area (Å²) in [5, 5.41) is 6.45. The van der Waals surface area contributed by atoms with Crippen molar-refractivity contribution >= 4 is 46.5 Å². The topological polar surface area (TPSA) is 64.7 Å². The molecule has 2 aromatic rings. The van der Waals surface area contributed by atoms with Gasteiger partial charge >= 0.3 is 0 Å². The molecule has 0 unspecified atom stereocenters. The zero-order chi connectivity index (χ0) is 26.8. The lowest BCUT2D eigenvalue weighted by Gasteiger charge is -2.20. The number of amides is 2. The summed E-state index contributed by atoms with van der Waals surface area (Å²) in [6.45, 7) is 6.08. The van der Waals surface area contributed by atoms with Gasteiger partial charge in [0.2, 0.25) is 0 Å². The van der Waals surface area contributed by atoms with Crippen molar-refractivity contribution in [2.75, 3.05) is 27.2 Å². The summed E-state index contributed by atoms with van der Waals surface area (Å²) < 4.78 is 0. The molecular weight excluding hydrogens is 488 g/mol. The van der Waals surface area contributed by atoms with E-state index in [4.69, 9.17) is 24.4 Å². The summed E-state index contributed by atoms with van der Waals surface area (Å²) in [5.41, 5.74) is 1.25. The van der Waals surface area contributed by atoms with E-state index >= 15 is 0 Å². The number of thiocarbonyl (C=S) groups is 2. The molecule has 6 nitrogen and oxygen atoms in total. The van der Waals surface area contributed by atoms with Crippen molar-refractivity contribution in [2.24, 2.45) is 0 Å². The van der Waals surface area contributed by atoms with Crippen LogP contribution < -0.4 is 10.6 Å². The zero-order valence-electron chi connectivity index (χ0n) is 22.0. The summed E-state index contributed by atoms with van der Waals surface area (Å²) in [4.78, 5) is 27.5. The summed E-state index contributed by atoms with van der Waals surface area (Å²) in [6, 6.07) is 18.2. The molecule has 0 radical (unpaired) electrons. The van der Waals surface area contributed by atoms with Crippen LogP contribution in [-0.2, 0) is 0 Å². The first-order valence-electron chi connectivity index (χ1n) is 12.5. The van der Waals surface area contributed by atoms with E-state index in [1.807, 2.05) is 60.3 Å². The highest BCUT2D eigenvalue weighted by atomic mass is 32.1. The third kappa shape index (κ3) is 12.7. The van der Waals surface area contributed by atoms with Gasteiger partial charge < -0.3 is 9.80 Å². The number of carbonyl (C=O) groups excluding carboxylic acids is 2. The van der Waals surface area contributed by atoms with E-state index in [0.717, 1.165) is 25.9 Å². The van der Waals surface area contributed by atoms with Crippen LogP contribution in [0.1, 0.15) is 73.1 Å². The second kappa shape index (κ2) is 18.4. The second-order valence-corrected chi connectivity index (χ2v) is 9.28. The average molecular weight is 529 g/mol. The fourth-order valence-corrected chi connectivity index (χ4v) is 3.48. The fourth-order valence-electron chi connectivity index (χ4n) is 3.11. The Morgan fingerprint density at radius 3 is 1.28 bits per heavy atom. The molecule has 2 aromatic carbocycles. The maximum atomic E-state index is 11.9. The Labute approximate surface area is 227 Å². The first-order valence-corrected chi connectivity index (χ1v) is 13.3. The minimum atomic E-state index is -0.150. The van der Waals surface area contributed by atoms with Crippen LogP contribution in [0.5, 0.6) is 0 Å². The van der Waals surface area contributed by atoms with Crippen LogP contribution in [0.2, 0.25) is 0 Å². The molecular formula is C28H40N4O2S2. The largest absolute Gasteiger partial charge is 0.352 e. The molecule has 0 spiro atoms. The Morgan fingerprint density at radius 1 is 0.639 bits per heavy atom. The van der Waals surface area contributed by atoms with Crippen molar-refractivity contribution in [3.63, 3.8) is 0 Å². The van der Waals surface area contributed by atoms with Crippen LogP contribution in [0, 0.1) is 0 Å². The van der Waals surface area contributed by atoms with Crippen molar-refractivity contribution in [3.05, 3.63) is 71.8 Å². The Bertz CT molecular complexity index is 862. The van der Waals surface area contributed by atoms with Crippen LogP contribution in [0.4, 0.5) is 0 Å². The molecule has 0 aliphatic heterocycles. The summed E-state index contributed by atoms with van der Waals surface area (Å²) in [7, 11) is 3.81. The predicted molar refractivity (Wildman–Crippen MR) is 157 cm³/mol. The molecule has 2 N–H and O–H groups in total. The Kier molecular flexibility index (Phi) is 16.0. The fraction of sp³-hybridized carbons (Fsp3) is 0.429. The third-order valence-corrected chi connectivity index (χ3v) is 6.23. The van der Waals surface area contributed by atoms with Crippen molar-refractivity contribution in [1.29, 1.82) is 0 Å². The standard InChI is InChI=1S/2C14H20N2OS/c2*1-3-4-8-11-16(2)14(18)15-13(17)12-9-6-5-7-10-12/h2*5-7,9-10H,3-4,8,11H2,1-2H3,(H,15,17,18). The van der Waals surface area contributed by atoms with Gasteiger partial charge in [0, 0.05) is 38.3 Å². The summed E-state index contributed by atoms with van der Waals surface area (Å²) >= 11 is 10.4. The quantitative estimate of drug-likeness (QED) is 0.307. The van der Waals surface area contributed by atoms with Gasteiger partial charge in [-0.1, -0.05) is 75.9 Å². The van der Waals surface area contributed by atoms with Gasteiger partial charge in [-0.3, -0.25) is 20.2 Å². The Balaban J connectivity index is 0.000000360. The van der Waals surface area contributed by atoms with Gasteiger partial charge in [-0.25, -0.2) is 0 Å². The van der Waals surface area contributed by atoms with Crippen LogP contribution in [0.15, 0.2) is 60.7 Å². The highest BCUT2D eigenvalue weighted by molar-refractivity contribution is 7.80. The maximum absolute atomic E-state index is 11.9. The lowest BCUT2D eigenvalue weighted by molar-refractivity contribution is 0.0965. The van der Waals surface area contributed by atoms with Crippen LogP contribution >= 0.6 is 24.4 Å². The molecule has 0 fully saturated rings. The zero-order valence-corrected chi connectivity index (χ0v) is 23.6. The SMILES string of the molecule is CCCCCN(C)C(=S)NC(=O)c1ccccc1.CCCCCN(C)C(=S)NC(=O)c1ccccc1. The first kappa shape index (κ1) is 31.2. The molecule has 36 heavy (non-hydrogen) atoms. The van der Waals surface area contributed by atoms with E-state index in [1.54, 1.807) is 24.3 Å². The molecule has 196 valence electrons. The highest BCUT2D eigenvalue weighted by Gasteiger charge is 2.11. The number of hydrogen-bond donors (Lipinski definition) is 2. The molecule has 0 bridgehead atoms. The van der Waals surface area contributed by atoms with Gasteiger partial charge in [0.1, 0.15) is 0 Å². The maximum Gasteiger partial charge on any atom is 0.257 e. The Hall–Kier alpha value is -2.84. The molecule has 0 saturated heterocycles. The number of nitrogens with zero attached hydrogens (tertiary/aromatic N) is 2. The molecule has 0 aliphatic rings. The number of benzene rings is 2. The van der Waals surface area contributed by atoms with Crippen LogP contribution in [-0.4, -0.2) is 59.0 Å². The van der Waals surface area contributed by atoms with Gasteiger partial charge in [-0.05, 0) is 61.5 Å². The Morgan fingerprint density at radius 2 is 0.972 bits per heavy atom. The second-order valence-electron chi connectivity index (χ2n) is 8.51. The van der Waals surface area contributed by atoms with Crippen LogP contribution in [0.3, 0.4) is 0 Å². The monoisotopic (exact) mass is 528 g/mol. The van der Waals surface area contributed by atoms with E-state index in [9.17, 15) is 9.59 Å². The number of unbranched alkanes of at least 4 members (excludes halogenated alkanes) is 4. The van der Waals surface area contributed by atoms with E-state index in [-0.39, 0.29) is 11.8 Å². The molecule has 0 saturated carbocycles. The van der Waals surface area contributed by atoms with E-state index in [1.165, 1.54) is 25.7 Å². The third-order valence-electron chi connectivity index (χ3n) is 5.40. The van der Waals surface area contributed by atoms with Gasteiger partial charge in [0.25, 0.3) is 11.8 Å². The van der Waals surface area contributed by atoms with Crippen molar-refractivity contribution in [1.82, 2.24) is 20.4 Å². The molecule has 0 atom stereocenters. The van der Waals surface area contributed by atoms with Gasteiger partial charge in [-0.2, -0.15) is 0 Å². The number of carbonyl (C=O) groups is 2. The van der Waals surface area contributed by atoms with E-state index < -0.39 is 0 Å². The predicted octanol–water partition coefficient (Wildman–Crippen LogP) is 5.65. The molecule has 0 heterocycles. The van der Waals surface area contributed by atoms with Crippen molar-refractivity contribution in [3.8, 4) is 0 Å². The van der Waals surface area contributed by atoms with Gasteiger partial charge in [0.15, 0.2) is 10.2 Å². The van der Waals surface area contributed by atoms with Crippen molar-refractivity contribution in [2.45, 2.75) is 52.4 Å². The van der Waals surface area contributed by atoms with Crippen molar-refractivity contribution < 1.29 is 9.59 Å². The van der Waals surface area contributed by atoms with E-state index in [2.05, 4.69) is 24.5 Å². The smallest absolute Gasteiger partial charge is 0.257 e. The van der Waals surface area contributed by atoms with Crippen LogP contribution in [0.25, 0.3) is 0 Å². The number of rotatable bonds is 10. The molecule has 0 aromatic heterocycles. The highest BCUT2D eigenvalue weighted by Crippen LogP contribution is 2.02. The first-order chi connectivity index (χ1) is 17.3. The molecule has 2 amide bonds. The lowest BCUT2D eigenvalue weighted by Crippen LogP contribution is -2.40. The lowest BCUT2D eigenvalue weighted by atomic mass is 10.2. The summed E-state index contributed by atoms with van der Waals surface area (Å²) in [5.74, 6) is -0.300. The molecule has 2 rings (SSSR count). The van der Waals surface area contributed by atoms with Gasteiger partial charge in [-0.15, -0.1) is 0 Å². The minimum Gasteiger partial charge on any atom is -0.352 e. The number of nitrogens with one attached hydrogen (secondary N) is 2. The molecule has 0 aliphatic carbocycles.